The number of thiol groups is 3. The van der Waals surface area contributed by atoms with Gasteiger partial charge >= 0.3 is 17.9 Å². The first kappa shape index (κ1) is 107. The van der Waals surface area contributed by atoms with Gasteiger partial charge in [-0.15, -0.1) is 0 Å². The number of aliphatic hydroxyl groups excluding tert-OH is 15. The number of ether oxygens (including phenoxy) is 15. The second kappa shape index (κ2) is 56.6. The first-order chi connectivity index (χ1) is 53.8. The molecule has 6 saturated heterocycles. The van der Waals surface area contributed by atoms with Gasteiger partial charge < -0.3 is 180 Å². The molecule has 0 saturated carbocycles. The van der Waals surface area contributed by atoms with E-state index in [1.165, 1.54) is 41.5 Å². The molecule has 114 heavy (non-hydrogen) atoms. The first-order valence-electron chi connectivity index (χ1n) is 36.3. The summed E-state index contributed by atoms with van der Waals surface area (Å²) in [5, 5.41) is 159. The predicted octanol–water partition coefficient (Wildman–Crippen LogP) is -10.8. The van der Waals surface area contributed by atoms with Crippen LogP contribution < -0.4 is 31.9 Å². The second-order valence-electron chi connectivity index (χ2n) is 25.2. The van der Waals surface area contributed by atoms with Gasteiger partial charge in [-0.1, -0.05) is 0 Å². The quantitative estimate of drug-likeness (QED) is 0.0180. The normalized spacial score (nSPS) is 34.9. The van der Waals surface area contributed by atoms with Gasteiger partial charge in [-0.3, -0.25) is 43.2 Å². The molecular formula is C66H120N6O39S3. The summed E-state index contributed by atoms with van der Waals surface area (Å²) in [5.41, 5.74) is 0. The minimum absolute atomic E-state index is 0.181. The molecule has 6 aliphatic rings. The standard InChI is InChI=1S/3C12H21NO7S.3C10H19NO6/c3*1-3-18-12-9(13-6(2)15)11(20-8(16)5-21)10(17)7(4-14)19-12;3*1-3-16-10-7(11-5(2)13)9(15)8(14)6(4-12)17-10/h3*7,9-12,14,17,21H,3-5H2,1-2H3,(H,13,15);3*6-10,12,14-15H,3-4H2,1-2H3,(H,11,13). The summed E-state index contributed by atoms with van der Waals surface area (Å²) in [6.45, 7) is 17.2. The first-order valence-corrected chi connectivity index (χ1v) is 38.2. The summed E-state index contributed by atoms with van der Waals surface area (Å²) in [6, 6.07) is -5.22. The van der Waals surface area contributed by atoms with Crippen molar-refractivity contribution in [2.45, 2.75) is 267 Å². The van der Waals surface area contributed by atoms with Crippen molar-refractivity contribution in [3.8, 4) is 0 Å². The zero-order chi connectivity index (χ0) is 87.0. The number of nitrogens with one attached hydrogen (secondary N) is 6. The van der Waals surface area contributed by atoms with Crippen LogP contribution in [0.4, 0.5) is 0 Å². The molecule has 6 rings (SSSR count). The number of esters is 3. The van der Waals surface area contributed by atoms with Gasteiger partial charge in [0.25, 0.3) is 0 Å². The van der Waals surface area contributed by atoms with E-state index in [0.717, 1.165) is 0 Å². The Labute approximate surface area is 674 Å². The van der Waals surface area contributed by atoms with Crippen LogP contribution >= 0.6 is 37.9 Å². The lowest BCUT2D eigenvalue weighted by molar-refractivity contribution is -0.272. The van der Waals surface area contributed by atoms with E-state index < -0.39 is 259 Å². The molecule has 6 fully saturated rings. The lowest BCUT2D eigenvalue weighted by atomic mass is 9.96. The number of hydrogen-bond donors (Lipinski definition) is 24. The van der Waals surface area contributed by atoms with Crippen molar-refractivity contribution >= 4 is 91.2 Å². The molecule has 21 N–H and O–H groups in total. The third kappa shape index (κ3) is 34.5. The largest absolute Gasteiger partial charge is 0.456 e. The number of carbonyl (C=O) groups is 9. The molecule has 6 heterocycles. The van der Waals surface area contributed by atoms with Crippen molar-refractivity contribution < 1.29 is 191 Å². The summed E-state index contributed by atoms with van der Waals surface area (Å²) in [4.78, 5) is 101. The molecule has 30 atom stereocenters. The maximum atomic E-state index is 11.4. The third-order valence-electron chi connectivity index (χ3n) is 16.6. The van der Waals surface area contributed by atoms with Crippen molar-refractivity contribution in [2.75, 3.05) is 96.5 Å². The lowest BCUT2D eigenvalue weighted by Gasteiger charge is -2.43. The minimum atomic E-state index is -1.30. The molecular weight excluding hydrogens is 1600 g/mol. The van der Waals surface area contributed by atoms with E-state index in [2.05, 4.69) is 69.8 Å². The lowest BCUT2D eigenvalue weighted by Crippen LogP contribution is -2.65. The molecule has 0 radical (unpaired) electrons. The highest BCUT2D eigenvalue weighted by Crippen LogP contribution is 2.30. The highest BCUT2D eigenvalue weighted by Gasteiger charge is 2.53. The van der Waals surface area contributed by atoms with Crippen LogP contribution in [0.2, 0.25) is 0 Å². The Morgan fingerprint density at radius 2 is 0.412 bits per heavy atom. The molecule has 6 amide bonds. The molecule has 0 aliphatic carbocycles. The maximum Gasteiger partial charge on any atom is 0.316 e. The average Bonchev–Trinajstić information content (AvgIpc) is 0.814. The number of hydrogen-bond acceptors (Lipinski definition) is 42. The Morgan fingerprint density at radius 3 is 0.553 bits per heavy atom. The highest BCUT2D eigenvalue weighted by atomic mass is 32.1. The summed E-state index contributed by atoms with van der Waals surface area (Å²) in [5.74, 6) is -4.80. The fourth-order valence-electron chi connectivity index (χ4n) is 11.6. The van der Waals surface area contributed by atoms with Gasteiger partial charge in [-0.25, -0.2) is 0 Å². The van der Waals surface area contributed by atoms with E-state index in [1.54, 1.807) is 41.5 Å². The summed E-state index contributed by atoms with van der Waals surface area (Å²) >= 11 is 11.4. The monoisotopic (exact) mass is 1720 g/mol. The second-order valence-corrected chi connectivity index (χ2v) is 26.1. The topological polar surface area (TPSA) is 668 Å². The van der Waals surface area contributed by atoms with E-state index >= 15 is 0 Å². The van der Waals surface area contributed by atoms with Gasteiger partial charge in [0.15, 0.2) is 56.1 Å². The molecule has 0 aromatic heterocycles. The van der Waals surface area contributed by atoms with Crippen LogP contribution in [-0.4, -0.2) is 410 Å². The molecule has 0 aromatic carbocycles. The van der Waals surface area contributed by atoms with Crippen LogP contribution in [0.5, 0.6) is 0 Å². The van der Waals surface area contributed by atoms with Crippen LogP contribution in [0.1, 0.15) is 83.1 Å². The van der Waals surface area contributed by atoms with Gasteiger partial charge in [-0.2, -0.15) is 37.9 Å². The zero-order valence-electron chi connectivity index (χ0n) is 65.3. The fraction of sp³-hybridized carbons (Fsp3) is 0.864. The molecule has 6 aliphatic heterocycles. The van der Waals surface area contributed by atoms with Crippen molar-refractivity contribution in [1.29, 1.82) is 0 Å². The number of carbonyl (C=O) groups excluding carboxylic acids is 9. The summed E-state index contributed by atoms with van der Waals surface area (Å²) < 4.78 is 79.1. The molecule has 666 valence electrons. The Kier molecular flexibility index (Phi) is 53.2. The molecule has 0 bridgehead atoms. The van der Waals surface area contributed by atoms with Crippen LogP contribution in [0.3, 0.4) is 0 Å². The Hall–Kier alpha value is -4.80. The van der Waals surface area contributed by atoms with E-state index in [0.29, 0.717) is 19.8 Å². The summed E-state index contributed by atoms with van der Waals surface area (Å²) in [6.07, 6.45) is -26.0. The van der Waals surface area contributed by atoms with Crippen LogP contribution in [0.15, 0.2) is 0 Å². The zero-order valence-corrected chi connectivity index (χ0v) is 68.0. The van der Waals surface area contributed by atoms with Gasteiger partial charge in [0.05, 0.1) is 56.9 Å². The number of rotatable bonds is 30. The average molecular weight is 1720 g/mol. The smallest absolute Gasteiger partial charge is 0.316 e. The Bertz CT molecular complexity index is 2530. The Balaban J connectivity index is 0.000000686. The van der Waals surface area contributed by atoms with E-state index in [9.17, 15) is 104 Å². The number of amides is 6. The van der Waals surface area contributed by atoms with E-state index in [-0.39, 0.29) is 54.8 Å². The maximum absolute atomic E-state index is 11.4. The van der Waals surface area contributed by atoms with E-state index in [4.69, 9.17) is 86.4 Å². The van der Waals surface area contributed by atoms with Crippen molar-refractivity contribution in [2.24, 2.45) is 0 Å². The SMILES string of the molecule is CCOC1OC(CO)C(O)C(O)C1NC(C)=O.CCOC1OC(CO)C(O)C(O)C1NC(C)=O.CCOC1OC(CO)C(O)C(O)C1NC(C)=O.CCOC1OC(CO)C(O)C(OC(=O)CS)C1NC(C)=O.CCOC1OC(CO)C(O)C(OC(=O)CS)C1NC(C)=O.CCOC1OC(CO)C(O)C(OC(=O)CS)C1NC(C)=O. The highest BCUT2D eigenvalue weighted by molar-refractivity contribution is 7.81. The van der Waals surface area contributed by atoms with Crippen LogP contribution in [-0.2, 0) is 114 Å². The van der Waals surface area contributed by atoms with Gasteiger partial charge in [-0.05, 0) is 41.5 Å². The van der Waals surface area contributed by atoms with Crippen LogP contribution in [0, 0.1) is 0 Å². The molecule has 0 aromatic rings. The predicted molar refractivity (Wildman–Crippen MR) is 395 cm³/mol. The number of aliphatic hydroxyl groups is 15. The minimum Gasteiger partial charge on any atom is -0.456 e. The van der Waals surface area contributed by atoms with Crippen molar-refractivity contribution in [3.05, 3.63) is 0 Å². The van der Waals surface area contributed by atoms with Crippen molar-refractivity contribution in [1.82, 2.24) is 31.9 Å². The van der Waals surface area contributed by atoms with Crippen LogP contribution in [0.25, 0.3) is 0 Å². The van der Waals surface area contributed by atoms with Gasteiger partial charge in [0.2, 0.25) is 35.4 Å². The fourth-order valence-corrected chi connectivity index (χ4v) is 11.8. The molecule has 45 nitrogen and oxygen atoms in total. The van der Waals surface area contributed by atoms with Crippen molar-refractivity contribution in [3.63, 3.8) is 0 Å². The molecule has 30 unspecified atom stereocenters. The third-order valence-corrected chi connectivity index (χ3v) is 17.4. The molecule has 48 heteroatoms. The van der Waals surface area contributed by atoms with Gasteiger partial charge in [0, 0.05) is 81.2 Å². The van der Waals surface area contributed by atoms with E-state index in [1.807, 2.05) is 0 Å². The molecule has 0 spiro atoms. The van der Waals surface area contributed by atoms with Gasteiger partial charge in [0.1, 0.15) is 128 Å². The summed E-state index contributed by atoms with van der Waals surface area (Å²) in [7, 11) is 0. The Morgan fingerprint density at radius 1 is 0.263 bits per heavy atom.